The van der Waals surface area contributed by atoms with Gasteiger partial charge in [0.2, 0.25) is 5.91 Å². The SMILES string of the molecule is CSC(CC(N)=O)C1CCCN1. The molecule has 0 bridgehead atoms. The quantitative estimate of drug-likeness (QED) is 0.669. The van der Waals surface area contributed by atoms with E-state index in [0.29, 0.717) is 17.7 Å². The maximum atomic E-state index is 10.7. The Kier molecular flexibility index (Phi) is 3.88. The van der Waals surface area contributed by atoms with Crippen LogP contribution in [0.2, 0.25) is 0 Å². The molecule has 4 heteroatoms. The van der Waals surface area contributed by atoms with Gasteiger partial charge in [0.25, 0.3) is 0 Å². The van der Waals surface area contributed by atoms with Crippen LogP contribution in [0.25, 0.3) is 0 Å². The van der Waals surface area contributed by atoms with E-state index in [4.69, 9.17) is 5.73 Å². The summed E-state index contributed by atoms with van der Waals surface area (Å²) < 4.78 is 0. The maximum absolute atomic E-state index is 10.7. The second-order valence-corrected chi connectivity index (χ2v) is 4.22. The average Bonchev–Trinajstić information content (AvgIpc) is 2.51. The average molecular weight is 188 g/mol. The standard InChI is InChI=1S/C8H16N2OS/c1-12-7(5-8(9)11)6-3-2-4-10-6/h6-7,10H,2-5H2,1H3,(H2,9,11). The van der Waals surface area contributed by atoms with E-state index in [2.05, 4.69) is 5.32 Å². The van der Waals surface area contributed by atoms with Crippen LogP contribution in [0.15, 0.2) is 0 Å². The third kappa shape index (κ3) is 2.68. The van der Waals surface area contributed by atoms with Crippen LogP contribution in [-0.2, 0) is 4.79 Å². The van der Waals surface area contributed by atoms with Gasteiger partial charge < -0.3 is 11.1 Å². The summed E-state index contributed by atoms with van der Waals surface area (Å²) in [5, 5.41) is 3.75. The molecule has 0 aromatic heterocycles. The number of nitrogens with two attached hydrogens (primary N) is 1. The lowest BCUT2D eigenvalue weighted by Gasteiger charge is -2.19. The fourth-order valence-electron chi connectivity index (χ4n) is 1.62. The van der Waals surface area contributed by atoms with Gasteiger partial charge in [-0.25, -0.2) is 0 Å². The molecule has 1 fully saturated rings. The topological polar surface area (TPSA) is 55.1 Å². The minimum Gasteiger partial charge on any atom is -0.370 e. The minimum atomic E-state index is -0.192. The highest BCUT2D eigenvalue weighted by molar-refractivity contribution is 7.99. The Morgan fingerprint density at radius 2 is 2.58 bits per heavy atom. The maximum Gasteiger partial charge on any atom is 0.218 e. The third-order valence-electron chi connectivity index (χ3n) is 2.25. The van der Waals surface area contributed by atoms with Gasteiger partial charge in [0.1, 0.15) is 0 Å². The fraction of sp³-hybridized carbons (Fsp3) is 0.875. The molecule has 1 saturated heterocycles. The molecule has 0 radical (unpaired) electrons. The summed E-state index contributed by atoms with van der Waals surface area (Å²) in [4.78, 5) is 10.7. The second kappa shape index (κ2) is 4.72. The van der Waals surface area contributed by atoms with Gasteiger partial charge in [-0.2, -0.15) is 11.8 Å². The molecule has 70 valence electrons. The summed E-state index contributed by atoms with van der Waals surface area (Å²) in [6.07, 6.45) is 4.94. The van der Waals surface area contributed by atoms with Crippen molar-refractivity contribution >= 4 is 17.7 Å². The van der Waals surface area contributed by atoms with Crippen LogP contribution in [0.3, 0.4) is 0 Å². The second-order valence-electron chi connectivity index (χ2n) is 3.15. The summed E-state index contributed by atoms with van der Waals surface area (Å²) >= 11 is 1.73. The Hall–Kier alpha value is -0.220. The summed E-state index contributed by atoms with van der Waals surface area (Å²) in [6.45, 7) is 1.08. The van der Waals surface area contributed by atoms with Gasteiger partial charge in [-0.05, 0) is 25.6 Å². The van der Waals surface area contributed by atoms with Gasteiger partial charge in [-0.1, -0.05) is 0 Å². The zero-order valence-corrected chi connectivity index (χ0v) is 8.19. The van der Waals surface area contributed by atoms with Crippen molar-refractivity contribution in [3.8, 4) is 0 Å². The van der Waals surface area contributed by atoms with E-state index in [0.717, 1.165) is 6.54 Å². The molecule has 1 rings (SSSR count). The number of hydrogen-bond donors (Lipinski definition) is 2. The van der Waals surface area contributed by atoms with Crippen LogP contribution in [-0.4, -0.2) is 30.0 Å². The molecule has 3 N–H and O–H groups in total. The Labute approximate surface area is 77.5 Å². The molecule has 1 amide bonds. The molecule has 0 spiro atoms. The van der Waals surface area contributed by atoms with E-state index < -0.39 is 0 Å². The molecule has 0 aromatic rings. The summed E-state index contributed by atoms with van der Waals surface area (Å²) in [5.74, 6) is -0.192. The molecule has 3 nitrogen and oxygen atoms in total. The largest absolute Gasteiger partial charge is 0.370 e. The van der Waals surface area contributed by atoms with Gasteiger partial charge in [0.05, 0.1) is 0 Å². The van der Waals surface area contributed by atoms with Crippen molar-refractivity contribution in [2.75, 3.05) is 12.8 Å². The minimum absolute atomic E-state index is 0.192. The van der Waals surface area contributed by atoms with E-state index in [9.17, 15) is 4.79 Å². The first-order valence-electron chi connectivity index (χ1n) is 4.28. The van der Waals surface area contributed by atoms with Crippen molar-refractivity contribution in [1.82, 2.24) is 5.32 Å². The van der Waals surface area contributed by atoms with Gasteiger partial charge in [0.15, 0.2) is 0 Å². The van der Waals surface area contributed by atoms with E-state index in [1.165, 1.54) is 12.8 Å². The Morgan fingerprint density at radius 1 is 1.83 bits per heavy atom. The van der Waals surface area contributed by atoms with Crippen LogP contribution >= 0.6 is 11.8 Å². The predicted molar refractivity (Wildman–Crippen MR) is 52.1 cm³/mol. The van der Waals surface area contributed by atoms with Crippen LogP contribution < -0.4 is 11.1 Å². The van der Waals surface area contributed by atoms with E-state index in [1.54, 1.807) is 11.8 Å². The molecule has 0 aliphatic carbocycles. The highest BCUT2D eigenvalue weighted by Crippen LogP contribution is 2.21. The molecule has 1 aliphatic rings. The van der Waals surface area contributed by atoms with Crippen molar-refractivity contribution in [2.45, 2.75) is 30.6 Å². The van der Waals surface area contributed by atoms with Crippen molar-refractivity contribution < 1.29 is 4.79 Å². The lowest BCUT2D eigenvalue weighted by atomic mass is 10.1. The Morgan fingerprint density at radius 3 is 3.00 bits per heavy atom. The predicted octanol–water partition coefficient (Wildman–Crippen LogP) is 0.345. The summed E-state index contributed by atoms with van der Waals surface area (Å²) in [7, 11) is 0. The number of carbonyl (C=O) groups is 1. The molecule has 0 aromatic carbocycles. The number of primary amides is 1. The van der Waals surface area contributed by atoms with Gasteiger partial charge in [-0.15, -0.1) is 0 Å². The van der Waals surface area contributed by atoms with Gasteiger partial charge in [-0.3, -0.25) is 4.79 Å². The lowest BCUT2D eigenvalue weighted by Crippen LogP contribution is -2.35. The first-order valence-corrected chi connectivity index (χ1v) is 5.57. The third-order valence-corrected chi connectivity index (χ3v) is 3.35. The Bertz CT molecular complexity index is 157. The van der Waals surface area contributed by atoms with Crippen LogP contribution in [0.5, 0.6) is 0 Å². The van der Waals surface area contributed by atoms with Crippen LogP contribution in [0.1, 0.15) is 19.3 Å². The van der Waals surface area contributed by atoms with Crippen LogP contribution in [0.4, 0.5) is 0 Å². The number of amides is 1. The van der Waals surface area contributed by atoms with E-state index in [1.807, 2.05) is 6.26 Å². The number of carbonyl (C=O) groups excluding carboxylic acids is 1. The molecule has 0 saturated carbocycles. The molecular formula is C8H16N2OS. The fourth-order valence-corrected chi connectivity index (χ4v) is 2.51. The molecule has 1 heterocycles. The smallest absolute Gasteiger partial charge is 0.218 e. The Balaban J connectivity index is 2.37. The molecule has 2 atom stereocenters. The molecule has 12 heavy (non-hydrogen) atoms. The number of thioether (sulfide) groups is 1. The normalized spacial score (nSPS) is 25.6. The van der Waals surface area contributed by atoms with Crippen molar-refractivity contribution in [2.24, 2.45) is 5.73 Å². The highest BCUT2D eigenvalue weighted by Gasteiger charge is 2.24. The number of hydrogen-bond acceptors (Lipinski definition) is 3. The molecular weight excluding hydrogens is 172 g/mol. The van der Waals surface area contributed by atoms with Gasteiger partial charge >= 0.3 is 0 Å². The van der Waals surface area contributed by atoms with Crippen molar-refractivity contribution in [3.05, 3.63) is 0 Å². The van der Waals surface area contributed by atoms with Crippen LogP contribution in [0, 0.1) is 0 Å². The van der Waals surface area contributed by atoms with E-state index in [-0.39, 0.29) is 5.91 Å². The summed E-state index contributed by atoms with van der Waals surface area (Å²) in [6, 6.07) is 0.493. The first kappa shape index (κ1) is 9.86. The number of nitrogens with one attached hydrogen (secondary N) is 1. The van der Waals surface area contributed by atoms with Crippen molar-refractivity contribution in [1.29, 1.82) is 0 Å². The first-order chi connectivity index (χ1) is 5.74. The zero-order valence-electron chi connectivity index (χ0n) is 7.38. The lowest BCUT2D eigenvalue weighted by molar-refractivity contribution is -0.118. The number of rotatable bonds is 4. The summed E-state index contributed by atoms with van der Waals surface area (Å²) in [5.41, 5.74) is 5.16. The van der Waals surface area contributed by atoms with Crippen molar-refractivity contribution in [3.63, 3.8) is 0 Å². The zero-order chi connectivity index (χ0) is 8.97. The van der Waals surface area contributed by atoms with E-state index >= 15 is 0 Å². The van der Waals surface area contributed by atoms with Gasteiger partial charge in [0, 0.05) is 17.7 Å². The molecule has 1 aliphatic heterocycles. The highest BCUT2D eigenvalue weighted by atomic mass is 32.2. The molecule has 2 unspecified atom stereocenters. The monoisotopic (exact) mass is 188 g/mol.